The monoisotopic (exact) mass is 266 g/mol. The molecular formula is C15H22O4. The van der Waals surface area contributed by atoms with E-state index in [0.717, 1.165) is 5.56 Å². The van der Waals surface area contributed by atoms with Gasteiger partial charge in [-0.2, -0.15) is 0 Å². The Morgan fingerprint density at radius 1 is 1.42 bits per heavy atom. The SMILES string of the molecule is CO[C@@](C)(CO)c1ccc(C)cc1OC(=O)C(C)C. The summed E-state index contributed by atoms with van der Waals surface area (Å²) in [5.41, 5.74) is 0.754. The summed E-state index contributed by atoms with van der Waals surface area (Å²) in [7, 11) is 1.52. The molecule has 0 aliphatic carbocycles. The van der Waals surface area contributed by atoms with Gasteiger partial charge < -0.3 is 14.6 Å². The summed E-state index contributed by atoms with van der Waals surface area (Å²) in [6.07, 6.45) is 0. The van der Waals surface area contributed by atoms with Crippen molar-refractivity contribution in [2.24, 2.45) is 5.92 Å². The topological polar surface area (TPSA) is 55.8 Å². The Hall–Kier alpha value is -1.39. The van der Waals surface area contributed by atoms with E-state index >= 15 is 0 Å². The molecule has 1 N–H and O–H groups in total. The smallest absolute Gasteiger partial charge is 0.313 e. The molecule has 0 radical (unpaired) electrons. The quantitative estimate of drug-likeness (QED) is 0.657. The molecular weight excluding hydrogens is 244 g/mol. The average Bonchev–Trinajstić information content (AvgIpc) is 2.38. The van der Waals surface area contributed by atoms with Crippen molar-refractivity contribution >= 4 is 5.97 Å². The minimum Gasteiger partial charge on any atom is -0.426 e. The highest BCUT2D eigenvalue weighted by atomic mass is 16.5. The number of carbonyl (C=O) groups excluding carboxylic acids is 1. The van der Waals surface area contributed by atoms with Crippen LogP contribution >= 0.6 is 0 Å². The van der Waals surface area contributed by atoms with E-state index in [0.29, 0.717) is 11.3 Å². The number of hydrogen-bond donors (Lipinski definition) is 1. The Morgan fingerprint density at radius 2 is 2.05 bits per heavy atom. The maximum atomic E-state index is 11.8. The highest BCUT2D eigenvalue weighted by molar-refractivity contribution is 5.74. The molecule has 106 valence electrons. The summed E-state index contributed by atoms with van der Waals surface area (Å²) in [5, 5.41) is 9.51. The third-order valence-electron chi connectivity index (χ3n) is 3.14. The van der Waals surface area contributed by atoms with Crippen LogP contribution in [0.2, 0.25) is 0 Å². The van der Waals surface area contributed by atoms with Gasteiger partial charge in [0.05, 0.1) is 12.5 Å². The lowest BCUT2D eigenvalue weighted by Gasteiger charge is -2.28. The molecule has 4 nitrogen and oxygen atoms in total. The fourth-order valence-electron chi connectivity index (χ4n) is 1.64. The number of aryl methyl sites for hydroxylation is 1. The van der Waals surface area contributed by atoms with Gasteiger partial charge >= 0.3 is 5.97 Å². The third kappa shape index (κ3) is 3.55. The van der Waals surface area contributed by atoms with Crippen molar-refractivity contribution in [3.63, 3.8) is 0 Å². The van der Waals surface area contributed by atoms with Gasteiger partial charge in [0, 0.05) is 12.7 Å². The van der Waals surface area contributed by atoms with E-state index in [4.69, 9.17) is 9.47 Å². The summed E-state index contributed by atoms with van der Waals surface area (Å²) < 4.78 is 10.8. The lowest BCUT2D eigenvalue weighted by molar-refractivity contribution is -0.138. The molecule has 0 fully saturated rings. The van der Waals surface area contributed by atoms with E-state index in [-0.39, 0.29) is 18.5 Å². The van der Waals surface area contributed by atoms with Crippen LogP contribution in [-0.2, 0) is 15.1 Å². The largest absolute Gasteiger partial charge is 0.426 e. The number of methoxy groups -OCH3 is 1. The molecule has 0 unspecified atom stereocenters. The van der Waals surface area contributed by atoms with Crippen LogP contribution in [0.3, 0.4) is 0 Å². The number of rotatable bonds is 5. The first-order valence-corrected chi connectivity index (χ1v) is 6.33. The van der Waals surface area contributed by atoms with Crippen molar-refractivity contribution in [2.75, 3.05) is 13.7 Å². The average molecular weight is 266 g/mol. The molecule has 1 aromatic carbocycles. The molecule has 0 heterocycles. The highest BCUT2D eigenvalue weighted by Gasteiger charge is 2.30. The van der Waals surface area contributed by atoms with Crippen molar-refractivity contribution in [1.82, 2.24) is 0 Å². The van der Waals surface area contributed by atoms with Gasteiger partial charge in [-0.3, -0.25) is 4.79 Å². The second-order valence-electron chi connectivity index (χ2n) is 5.17. The zero-order valence-electron chi connectivity index (χ0n) is 12.2. The van der Waals surface area contributed by atoms with Crippen LogP contribution in [-0.4, -0.2) is 24.8 Å². The number of ether oxygens (including phenoxy) is 2. The lowest BCUT2D eigenvalue weighted by Crippen LogP contribution is -2.30. The standard InChI is InChI=1S/C15H22O4/c1-10(2)14(17)19-13-8-11(3)6-7-12(13)15(4,9-16)18-5/h6-8,10,16H,9H2,1-5H3/t15-/m0/s1. The van der Waals surface area contributed by atoms with E-state index < -0.39 is 5.60 Å². The van der Waals surface area contributed by atoms with Crippen LogP contribution in [0.15, 0.2) is 18.2 Å². The van der Waals surface area contributed by atoms with Crippen LogP contribution in [0.25, 0.3) is 0 Å². The van der Waals surface area contributed by atoms with Crippen molar-refractivity contribution in [3.8, 4) is 5.75 Å². The number of benzene rings is 1. The van der Waals surface area contributed by atoms with Gasteiger partial charge in [0.15, 0.2) is 0 Å². The lowest BCUT2D eigenvalue weighted by atomic mass is 9.94. The Balaban J connectivity index is 3.22. The summed E-state index contributed by atoms with van der Waals surface area (Å²) in [4.78, 5) is 11.8. The maximum absolute atomic E-state index is 11.8. The Bertz CT molecular complexity index is 447. The zero-order chi connectivity index (χ0) is 14.6. The molecule has 0 spiro atoms. The number of aliphatic hydroxyl groups excluding tert-OH is 1. The van der Waals surface area contributed by atoms with Gasteiger partial charge in [-0.15, -0.1) is 0 Å². The Morgan fingerprint density at radius 3 is 2.53 bits per heavy atom. The predicted octanol–water partition coefficient (Wildman–Crippen LogP) is 2.41. The van der Waals surface area contributed by atoms with E-state index in [9.17, 15) is 9.90 Å². The fraction of sp³-hybridized carbons (Fsp3) is 0.533. The first-order chi connectivity index (χ1) is 8.84. The zero-order valence-corrected chi connectivity index (χ0v) is 12.2. The number of hydrogen-bond acceptors (Lipinski definition) is 4. The van der Waals surface area contributed by atoms with E-state index in [2.05, 4.69) is 0 Å². The predicted molar refractivity (Wildman–Crippen MR) is 73.1 cm³/mol. The molecule has 0 amide bonds. The van der Waals surface area contributed by atoms with Gasteiger partial charge in [0.25, 0.3) is 0 Å². The minimum atomic E-state index is -0.889. The van der Waals surface area contributed by atoms with Gasteiger partial charge in [0.1, 0.15) is 11.4 Å². The molecule has 1 atom stereocenters. The Kier molecular flexibility index (Phi) is 5.09. The molecule has 0 saturated carbocycles. The minimum absolute atomic E-state index is 0.196. The molecule has 1 rings (SSSR count). The molecule has 0 saturated heterocycles. The second kappa shape index (κ2) is 6.17. The van der Waals surface area contributed by atoms with E-state index in [1.807, 2.05) is 19.1 Å². The van der Waals surface area contributed by atoms with Gasteiger partial charge in [0.2, 0.25) is 0 Å². The van der Waals surface area contributed by atoms with Gasteiger partial charge in [-0.05, 0) is 25.5 Å². The number of carbonyl (C=O) groups is 1. The van der Waals surface area contributed by atoms with Crippen molar-refractivity contribution < 1.29 is 19.4 Å². The summed E-state index contributed by atoms with van der Waals surface area (Å²) in [6.45, 7) is 7.03. The maximum Gasteiger partial charge on any atom is 0.313 e. The molecule has 0 bridgehead atoms. The molecule has 1 aromatic rings. The first-order valence-electron chi connectivity index (χ1n) is 6.33. The second-order valence-corrected chi connectivity index (χ2v) is 5.17. The number of esters is 1. The van der Waals surface area contributed by atoms with Crippen molar-refractivity contribution in [2.45, 2.75) is 33.3 Å². The van der Waals surface area contributed by atoms with Crippen molar-refractivity contribution in [1.29, 1.82) is 0 Å². The molecule has 0 aliphatic heterocycles. The van der Waals surface area contributed by atoms with Crippen LogP contribution in [0.4, 0.5) is 0 Å². The van der Waals surface area contributed by atoms with Gasteiger partial charge in [-0.25, -0.2) is 0 Å². The van der Waals surface area contributed by atoms with Crippen LogP contribution < -0.4 is 4.74 Å². The normalized spacial score (nSPS) is 14.3. The molecule has 0 aromatic heterocycles. The molecule has 0 aliphatic rings. The summed E-state index contributed by atoms with van der Waals surface area (Å²) in [5.74, 6) is -0.0726. The fourth-order valence-corrected chi connectivity index (χ4v) is 1.64. The van der Waals surface area contributed by atoms with E-state index in [1.54, 1.807) is 26.8 Å². The van der Waals surface area contributed by atoms with E-state index in [1.165, 1.54) is 7.11 Å². The van der Waals surface area contributed by atoms with Crippen LogP contribution in [0.5, 0.6) is 5.75 Å². The number of aliphatic hydroxyl groups is 1. The summed E-state index contributed by atoms with van der Waals surface area (Å²) in [6, 6.07) is 5.50. The Labute approximate surface area is 114 Å². The van der Waals surface area contributed by atoms with Crippen molar-refractivity contribution in [3.05, 3.63) is 29.3 Å². The first kappa shape index (κ1) is 15.7. The van der Waals surface area contributed by atoms with Crippen LogP contribution in [0.1, 0.15) is 31.9 Å². The molecule has 4 heteroatoms. The van der Waals surface area contributed by atoms with Crippen LogP contribution in [0, 0.1) is 12.8 Å². The summed E-state index contributed by atoms with van der Waals surface area (Å²) >= 11 is 0. The molecule has 19 heavy (non-hydrogen) atoms. The highest BCUT2D eigenvalue weighted by Crippen LogP contribution is 2.33. The van der Waals surface area contributed by atoms with Gasteiger partial charge in [-0.1, -0.05) is 26.0 Å². The third-order valence-corrected chi connectivity index (χ3v) is 3.14.